The van der Waals surface area contributed by atoms with Crippen molar-refractivity contribution >= 4 is 29.0 Å². The Morgan fingerprint density at radius 3 is 2.50 bits per heavy atom. The summed E-state index contributed by atoms with van der Waals surface area (Å²) in [6.07, 6.45) is 0. The van der Waals surface area contributed by atoms with Crippen molar-refractivity contribution in [1.29, 1.82) is 0 Å². The van der Waals surface area contributed by atoms with Gasteiger partial charge in [0.15, 0.2) is 11.0 Å². The van der Waals surface area contributed by atoms with Gasteiger partial charge in [0.2, 0.25) is 5.91 Å². The van der Waals surface area contributed by atoms with Crippen LogP contribution in [0.5, 0.6) is 0 Å². The molecule has 0 aliphatic carbocycles. The Morgan fingerprint density at radius 1 is 1.17 bits per heavy atom. The number of aromatic nitrogens is 3. The van der Waals surface area contributed by atoms with Crippen molar-refractivity contribution in [3.8, 4) is 11.4 Å². The summed E-state index contributed by atoms with van der Waals surface area (Å²) in [7, 11) is 1.76. The summed E-state index contributed by atoms with van der Waals surface area (Å²) >= 11 is 1.26. The summed E-state index contributed by atoms with van der Waals surface area (Å²) in [5.74, 6) is 0.111. The first-order chi connectivity index (χ1) is 14.4. The van der Waals surface area contributed by atoms with Crippen molar-refractivity contribution in [2.45, 2.75) is 32.0 Å². The molecule has 0 radical (unpaired) electrons. The van der Waals surface area contributed by atoms with E-state index < -0.39 is 0 Å². The normalized spacial score (nSPS) is 11.0. The summed E-state index contributed by atoms with van der Waals surface area (Å²) < 4.78 is 15.7. The highest BCUT2D eigenvalue weighted by molar-refractivity contribution is 7.99. The van der Waals surface area contributed by atoms with Gasteiger partial charge in [0.1, 0.15) is 5.82 Å². The predicted octanol–water partition coefficient (Wildman–Crippen LogP) is 4.59. The molecule has 3 aromatic rings. The van der Waals surface area contributed by atoms with E-state index in [0.717, 1.165) is 17.9 Å². The van der Waals surface area contributed by atoms with Crippen LogP contribution in [-0.2, 0) is 11.8 Å². The van der Waals surface area contributed by atoms with E-state index in [-0.39, 0.29) is 17.5 Å². The van der Waals surface area contributed by atoms with Crippen LogP contribution in [0.2, 0.25) is 0 Å². The molecular formula is C22H26FN5OS. The molecule has 3 rings (SSSR count). The Morgan fingerprint density at radius 2 is 1.87 bits per heavy atom. The fourth-order valence-electron chi connectivity index (χ4n) is 3.23. The zero-order chi connectivity index (χ0) is 21.7. The van der Waals surface area contributed by atoms with E-state index in [1.165, 1.54) is 17.8 Å². The Labute approximate surface area is 180 Å². The van der Waals surface area contributed by atoms with Gasteiger partial charge in [-0.05, 0) is 57.2 Å². The Balaban J connectivity index is 1.60. The lowest BCUT2D eigenvalue weighted by molar-refractivity contribution is -0.113. The number of benzene rings is 2. The lowest BCUT2D eigenvalue weighted by atomic mass is 10.2. The molecule has 158 valence electrons. The van der Waals surface area contributed by atoms with Crippen molar-refractivity contribution in [1.82, 2.24) is 14.8 Å². The number of nitrogens with one attached hydrogen (secondary N) is 1. The number of anilines is 2. The average Bonchev–Trinajstić information content (AvgIpc) is 3.08. The summed E-state index contributed by atoms with van der Waals surface area (Å²) in [5, 5.41) is 11.6. The topological polar surface area (TPSA) is 63.1 Å². The smallest absolute Gasteiger partial charge is 0.234 e. The molecule has 1 N–H and O–H groups in total. The highest BCUT2D eigenvalue weighted by atomic mass is 32.2. The highest BCUT2D eigenvalue weighted by Gasteiger charge is 2.15. The Kier molecular flexibility index (Phi) is 7.10. The number of halogens is 1. The van der Waals surface area contributed by atoms with Gasteiger partial charge in [-0.3, -0.25) is 4.79 Å². The molecule has 0 aliphatic heterocycles. The number of carbonyl (C=O) groups excluding carboxylic acids is 1. The van der Waals surface area contributed by atoms with E-state index in [1.807, 2.05) is 24.3 Å². The fourth-order valence-corrected chi connectivity index (χ4v) is 3.94. The van der Waals surface area contributed by atoms with E-state index in [0.29, 0.717) is 22.6 Å². The van der Waals surface area contributed by atoms with Crippen molar-refractivity contribution in [3.63, 3.8) is 0 Å². The number of rotatable bonds is 8. The lowest BCUT2D eigenvalue weighted by Crippen LogP contribution is -2.30. The van der Waals surface area contributed by atoms with Crippen LogP contribution < -0.4 is 10.2 Å². The molecule has 30 heavy (non-hydrogen) atoms. The SMILES string of the molecule is CCN(c1ccc(NC(=O)CSc2nnc(-c3ccccc3F)n2C)cc1)C(C)C. The molecule has 0 unspecified atom stereocenters. The molecule has 0 saturated heterocycles. The zero-order valence-electron chi connectivity index (χ0n) is 17.6. The number of nitrogens with zero attached hydrogens (tertiary/aromatic N) is 4. The zero-order valence-corrected chi connectivity index (χ0v) is 18.4. The molecule has 2 aromatic carbocycles. The maximum absolute atomic E-state index is 14.0. The average molecular weight is 428 g/mol. The number of carbonyl (C=O) groups is 1. The van der Waals surface area contributed by atoms with Crippen molar-refractivity contribution < 1.29 is 9.18 Å². The van der Waals surface area contributed by atoms with Crippen LogP contribution in [0.1, 0.15) is 20.8 Å². The third-order valence-electron chi connectivity index (χ3n) is 4.73. The molecule has 0 spiro atoms. The largest absolute Gasteiger partial charge is 0.369 e. The maximum atomic E-state index is 14.0. The van der Waals surface area contributed by atoms with Gasteiger partial charge in [-0.15, -0.1) is 10.2 Å². The standard InChI is InChI=1S/C22H26FN5OS/c1-5-28(15(2)3)17-12-10-16(11-13-17)24-20(29)14-30-22-26-25-21(27(22)4)18-8-6-7-9-19(18)23/h6-13,15H,5,14H2,1-4H3,(H,24,29). The molecule has 6 nitrogen and oxygen atoms in total. The molecule has 0 aliphatic rings. The molecule has 8 heteroatoms. The van der Waals surface area contributed by atoms with Gasteiger partial charge in [0.05, 0.1) is 11.3 Å². The summed E-state index contributed by atoms with van der Waals surface area (Å²) in [6.45, 7) is 7.35. The number of hydrogen-bond donors (Lipinski definition) is 1. The number of amides is 1. The molecule has 1 heterocycles. The van der Waals surface area contributed by atoms with Gasteiger partial charge in [-0.1, -0.05) is 23.9 Å². The van der Waals surface area contributed by atoms with Crippen LogP contribution in [0, 0.1) is 5.82 Å². The van der Waals surface area contributed by atoms with Gasteiger partial charge >= 0.3 is 0 Å². The number of thioether (sulfide) groups is 1. The van der Waals surface area contributed by atoms with Crippen LogP contribution in [-0.4, -0.2) is 39.0 Å². The van der Waals surface area contributed by atoms with Crippen LogP contribution in [0.4, 0.5) is 15.8 Å². The first kappa shape index (κ1) is 21.8. The Hall–Kier alpha value is -2.87. The van der Waals surface area contributed by atoms with E-state index in [9.17, 15) is 9.18 Å². The van der Waals surface area contributed by atoms with Crippen LogP contribution >= 0.6 is 11.8 Å². The lowest BCUT2D eigenvalue weighted by Gasteiger charge is -2.27. The van der Waals surface area contributed by atoms with E-state index in [2.05, 4.69) is 41.2 Å². The summed E-state index contributed by atoms with van der Waals surface area (Å²) in [5.41, 5.74) is 2.25. The molecule has 1 aromatic heterocycles. The summed E-state index contributed by atoms with van der Waals surface area (Å²) in [6, 6.07) is 14.7. The third-order valence-corrected chi connectivity index (χ3v) is 5.75. The monoisotopic (exact) mass is 427 g/mol. The van der Waals surface area contributed by atoms with E-state index in [1.54, 1.807) is 29.8 Å². The first-order valence-corrected chi connectivity index (χ1v) is 10.8. The van der Waals surface area contributed by atoms with Gasteiger partial charge in [-0.2, -0.15) is 0 Å². The second-order valence-corrected chi connectivity index (χ2v) is 8.05. The van der Waals surface area contributed by atoms with Crippen LogP contribution in [0.25, 0.3) is 11.4 Å². The van der Waals surface area contributed by atoms with Crippen molar-refractivity contribution in [2.75, 3.05) is 22.5 Å². The maximum Gasteiger partial charge on any atom is 0.234 e. The quantitative estimate of drug-likeness (QED) is 0.533. The molecular weight excluding hydrogens is 401 g/mol. The predicted molar refractivity (Wildman–Crippen MR) is 120 cm³/mol. The van der Waals surface area contributed by atoms with Gasteiger partial charge in [-0.25, -0.2) is 4.39 Å². The minimum Gasteiger partial charge on any atom is -0.369 e. The van der Waals surface area contributed by atoms with Crippen molar-refractivity contribution in [2.24, 2.45) is 7.05 Å². The van der Waals surface area contributed by atoms with Gasteiger partial charge < -0.3 is 14.8 Å². The second-order valence-electron chi connectivity index (χ2n) is 7.11. The van der Waals surface area contributed by atoms with E-state index in [4.69, 9.17) is 0 Å². The minimum absolute atomic E-state index is 0.139. The molecule has 0 bridgehead atoms. The Bertz CT molecular complexity index is 1000. The molecule has 0 saturated carbocycles. The minimum atomic E-state index is -0.357. The molecule has 0 fully saturated rings. The van der Waals surface area contributed by atoms with Crippen LogP contribution in [0.15, 0.2) is 53.7 Å². The fraction of sp³-hybridized carbons (Fsp3) is 0.318. The van der Waals surface area contributed by atoms with Crippen LogP contribution in [0.3, 0.4) is 0 Å². The molecule has 1 amide bonds. The first-order valence-electron chi connectivity index (χ1n) is 9.84. The highest BCUT2D eigenvalue weighted by Crippen LogP contribution is 2.25. The van der Waals surface area contributed by atoms with E-state index >= 15 is 0 Å². The summed E-state index contributed by atoms with van der Waals surface area (Å²) in [4.78, 5) is 14.6. The molecule has 0 atom stereocenters. The van der Waals surface area contributed by atoms with Gasteiger partial charge in [0, 0.05) is 31.0 Å². The van der Waals surface area contributed by atoms with Gasteiger partial charge in [0.25, 0.3) is 0 Å². The number of hydrogen-bond acceptors (Lipinski definition) is 5. The van der Waals surface area contributed by atoms with Crippen molar-refractivity contribution in [3.05, 3.63) is 54.3 Å². The third kappa shape index (κ3) is 4.99. The second kappa shape index (κ2) is 9.75.